The molecule has 1 heterocycles. The molecule has 1 saturated heterocycles. The number of hydrogen-bond donors (Lipinski definition) is 2. The molecule has 1 saturated carbocycles. The topological polar surface area (TPSA) is 64.4 Å². The molecule has 0 aromatic rings. The Kier molecular flexibility index (Phi) is 3.41. The summed E-state index contributed by atoms with van der Waals surface area (Å²) in [5.41, 5.74) is 4.87. The smallest absolute Gasteiger partial charge is 0.233 e. The van der Waals surface area contributed by atoms with E-state index in [0.717, 1.165) is 38.7 Å². The van der Waals surface area contributed by atoms with Crippen molar-refractivity contribution in [2.24, 2.45) is 11.1 Å². The van der Waals surface area contributed by atoms with Crippen molar-refractivity contribution < 1.29 is 9.53 Å². The van der Waals surface area contributed by atoms with Gasteiger partial charge in [-0.3, -0.25) is 4.79 Å². The molecule has 1 unspecified atom stereocenters. The van der Waals surface area contributed by atoms with E-state index in [1.807, 2.05) is 6.92 Å². The van der Waals surface area contributed by atoms with E-state index >= 15 is 0 Å². The van der Waals surface area contributed by atoms with Crippen molar-refractivity contribution in [3.63, 3.8) is 0 Å². The van der Waals surface area contributed by atoms with Crippen LogP contribution in [0.3, 0.4) is 0 Å². The normalized spacial score (nSPS) is 31.4. The summed E-state index contributed by atoms with van der Waals surface area (Å²) in [6.07, 6.45) is 4.52. The number of thiocarbonyl (C=S) groups is 1. The lowest BCUT2D eigenvalue weighted by Crippen LogP contribution is -2.60. The number of carbonyl (C=O) groups is 1. The van der Waals surface area contributed by atoms with Crippen LogP contribution in [0.15, 0.2) is 0 Å². The molecule has 5 heteroatoms. The largest absolute Gasteiger partial charge is 0.392 e. The zero-order valence-electron chi connectivity index (χ0n) is 10.3. The summed E-state index contributed by atoms with van der Waals surface area (Å²) in [5, 5.41) is 3.09. The van der Waals surface area contributed by atoms with Crippen LogP contribution in [0.2, 0.25) is 0 Å². The molecule has 0 radical (unpaired) electrons. The van der Waals surface area contributed by atoms with Crippen LogP contribution in [0.1, 0.15) is 39.0 Å². The molecule has 0 bridgehead atoms. The maximum Gasteiger partial charge on any atom is 0.233 e. The third kappa shape index (κ3) is 2.31. The lowest BCUT2D eigenvalue weighted by atomic mass is 9.67. The molecule has 1 aliphatic heterocycles. The van der Waals surface area contributed by atoms with Gasteiger partial charge in [-0.1, -0.05) is 18.6 Å². The van der Waals surface area contributed by atoms with Crippen LogP contribution >= 0.6 is 12.2 Å². The molecular formula is C12H20N2O2S. The van der Waals surface area contributed by atoms with Gasteiger partial charge in [-0.15, -0.1) is 0 Å². The van der Waals surface area contributed by atoms with Crippen molar-refractivity contribution in [2.75, 3.05) is 13.2 Å². The van der Waals surface area contributed by atoms with E-state index in [4.69, 9.17) is 22.7 Å². The summed E-state index contributed by atoms with van der Waals surface area (Å²) in [6.45, 7) is 3.38. The van der Waals surface area contributed by atoms with Crippen LogP contribution in [-0.4, -0.2) is 29.6 Å². The number of ether oxygens (including phenoxy) is 1. The van der Waals surface area contributed by atoms with Gasteiger partial charge in [-0.05, 0) is 32.6 Å². The summed E-state index contributed by atoms with van der Waals surface area (Å²) < 4.78 is 5.43. The number of nitrogens with one attached hydrogen (secondary N) is 1. The Morgan fingerprint density at radius 1 is 1.35 bits per heavy atom. The highest BCUT2D eigenvalue weighted by atomic mass is 32.1. The van der Waals surface area contributed by atoms with Gasteiger partial charge in [0.2, 0.25) is 5.91 Å². The molecule has 3 N–H and O–H groups in total. The van der Waals surface area contributed by atoms with Crippen molar-refractivity contribution in [3.8, 4) is 0 Å². The van der Waals surface area contributed by atoms with Gasteiger partial charge in [-0.25, -0.2) is 0 Å². The number of nitrogens with two attached hydrogens (primary N) is 1. The zero-order chi connectivity index (χ0) is 12.5. The lowest BCUT2D eigenvalue weighted by molar-refractivity contribution is -0.134. The fourth-order valence-electron chi connectivity index (χ4n) is 2.54. The summed E-state index contributed by atoms with van der Waals surface area (Å²) in [7, 11) is 0. The average molecular weight is 256 g/mol. The number of carbonyl (C=O) groups excluding carboxylic acids is 1. The number of amides is 1. The molecule has 17 heavy (non-hydrogen) atoms. The molecule has 96 valence electrons. The monoisotopic (exact) mass is 256 g/mol. The molecule has 2 rings (SSSR count). The minimum Gasteiger partial charge on any atom is -0.392 e. The van der Waals surface area contributed by atoms with Crippen molar-refractivity contribution in [2.45, 2.75) is 44.6 Å². The van der Waals surface area contributed by atoms with E-state index < -0.39 is 5.41 Å². The molecule has 1 aliphatic carbocycles. The van der Waals surface area contributed by atoms with Crippen molar-refractivity contribution in [1.29, 1.82) is 0 Å². The van der Waals surface area contributed by atoms with Crippen LogP contribution in [0.4, 0.5) is 0 Å². The van der Waals surface area contributed by atoms with Gasteiger partial charge in [0.15, 0.2) is 0 Å². The molecule has 1 amide bonds. The molecule has 0 aromatic carbocycles. The SMILES string of the molecule is CC1(NC(=O)C2(C(N)=S)CCC2)CCCOC1. The molecule has 2 fully saturated rings. The Morgan fingerprint density at radius 2 is 2.06 bits per heavy atom. The molecular weight excluding hydrogens is 236 g/mol. The predicted octanol–water partition coefficient (Wildman–Crippen LogP) is 1.13. The maximum absolute atomic E-state index is 12.3. The van der Waals surface area contributed by atoms with E-state index in [1.165, 1.54) is 0 Å². The number of rotatable bonds is 3. The second kappa shape index (κ2) is 4.53. The standard InChI is InChI=1S/C12H20N2O2S/c1-11(4-3-7-16-8-11)14-10(15)12(9(13)17)5-2-6-12/h2-8H2,1H3,(H2,13,17)(H,14,15). The van der Waals surface area contributed by atoms with Gasteiger partial charge in [0.1, 0.15) is 0 Å². The maximum atomic E-state index is 12.3. The highest BCUT2D eigenvalue weighted by Gasteiger charge is 2.48. The van der Waals surface area contributed by atoms with E-state index in [0.29, 0.717) is 11.6 Å². The van der Waals surface area contributed by atoms with Crippen LogP contribution in [0.5, 0.6) is 0 Å². The molecule has 4 nitrogen and oxygen atoms in total. The second-order valence-corrected chi connectivity index (χ2v) is 5.91. The summed E-state index contributed by atoms with van der Waals surface area (Å²) in [4.78, 5) is 12.7. The van der Waals surface area contributed by atoms with E-state index in [-0.39, 0.29) is 11.4 Å². The highest BCUT2D eigenvalue weighted by molar-refractivity contribution is 7.80. The Balaban J connectivity index is 2.03. The fraction of sp³-hybridized carbons (Fsp3) is 0.833. The van der Waals surface area contributed by atoms with Crippen LogP contribution < -0.4 is 11.1 Å². The van der Waals surface area contributed by atoms with Crippen molar-refractivity contribution >= 4 is 23.1 Å². The lowest BCUT2D eigenvalue weighted by Gasteiger charge is -2.43. The molecule has 0 aromatic heterocycles. The van der Waals surface area contributed by atoms with Crippen LogP contribution in [0, 0.1) is 5.41 Å². The van der Waals surface area contributed by atoms with E-state index in [1.54, 1.807) is 0 Å². The quantitative estimate of drug-likeness (QED) is 0.743. The van der Waals surface area contributed by atoms with Crippen molar-refractivity contribution in [3.05, 3.63) is 0 Å². The van der Waals surface area contributed by atoms with Gasteiger partial charge in [0.05, 0.1) is 22.5 Å². The zero-order valence-corrected chi connectivity index (χ0v) is 11.1. The molecule has 2 aliphatic rings. The van der Waals surface area contributed by atoms with Crippen molar-refractivity contribution in [1.82, 2.24) is 5.32 Å². The van der Waals surface area contributed by atoms with Gasteiger partial charge >= 0.3 is 0 Å². The van der Waals surface area contributed by atoms with Gasteiger partial charge in [0.25, 0.3) is 0 Å². The second-order valence-electron chi connectivity index (χ2n) is 5.47. The summed E-state index contributed by atoms with van der Waals surface area (Å²) in [6, 6.07) is 0. The third-order valence-corrected chi connectivity index (χ3v) is 4.36. The molecule has 0 spiro atoms. The van der Waals surface area contributed by atoms with Crippen LogP contribution in [-0.2, 0) is 9.53 Å². The number of hydrogen-bond acceptors (Lipinski definition) is 3. The Morgan fingerprint density at radius 3 is 2.47 bits per heavy atom. The fourth-order valence-corrected chi connectivity index (χ4v) is 2.84. The highest BCUT2D eigenvalue weighted by Crippen LogP contribution is 2.42. The summed E-state index contributed by atoms with van der Waals surface area (Å²) in [5.74, 6) is -0.00995. The Hall–Kier alpha value is -0.680. The first kappa shape index (κ1) is 12.8. The van der Waals surface area contributed by atoms with Crippen LogP contribution in [0.25, 0.3) is 0 Å². The minimum atomic E-state index is -0.588. The van der Waals surface area contributed by atoms with E-state index in [9.17, 15) is 4.79 Å². The van der Waals surface area contributed by atoms with E-state index in [2.05, 4.69) is 5.32 Å². The van der Waals surface area contributed by atoms with Gasteiger partial charge in [0, 0.05) is 6.61 Å². The Labute approximate surface area is 107 Å². The van der Waals surface area contributed by atoms with Gasteiger partial charge < -0.3 is 15.8 Å². The van der Waals surface area contributed by atoms with Gasteiger partial charge in [-0.2, -0.15) is 0 Å². The average Bonchev–Trinajstić information content (AvgIpc) is 2.14. The predicted molar refractivity (Wildman–Crippen MR) is 69.7 cm³/mol. The first-order valence-corrected chi connectivity index (χ1v) is 6.60. The first-order chi connectivity index (χ1) is 7.99. The minimum absolute atomic E-state index is 0.00995. The Bertz CT molecular complexity index is 333. The summed E-state index contributed by atoms with van der Waals surface area (Å²) >= 11 is 5.05. The molecule has 1 atom stereocenters. The first-order valence-electron chi connectivity index (χ1n) is 6.19. The third-order valence-electron chi connectivity index (χ3n) is 3.97.